The molecule has 1 aliphatic rings. The lowest BCUT2D eigenvalue weighted by atomic mass is 10.1. The van der Waals surface area contributed by atoms with E-state index in [1.165, 1.54) is 12.8 Å². The third kappa shape index (κ3) is 6.06. The van der Waals surface area contributed by atoms with E-state index in [4.69, 9.17) is 4.74 Å². The Balaban J connectivity index is 2.01. The van der Waals surface area contributed by atoms with Crippen molar-refractivity contribution in [1.29, 1.82) is 0 Å². The van der Waals surface area contributed by atoms with Crippen LogP contribution in [0.3, 0.4) is 0 Å². The molecule has 1 aromatic heterocycles. The van der Waals surface area contributed by atoms with Crippen LogP contribution in [0.25, 0.3) is 0 Å². The molecule has 0 radical (unpaired) electrons. The maximum atomic E-state index is 13.1. The lowest BCUT2D eigenvalue weighted by Crippen LogP contribution is -2.43. The first-order valence-corrected chi connectivity index (χ1v) is 10.7. The van der Waals surface area contributed by atoms with Gasteiger partial charge in [0, 0.05) is 32.7 Å². The molecule has 148 valence electrons. The molecule has 7 heteroatoms. The number of aromatic nitrogens is 2. The van der Waals surface area contributed by atoms with Gasteiger partial charge in [-0.05, 0) is 28.3 Å². The molecule has 1 fully saturated rings. The second-order valence-corrected chi connectivity index (χ2v) is 8.05. The van der Waals surface area contributed by atoms with Gasteiger partial charge in [-0.15, -0.1) is 0 Å². The molecule has 0 unspecified atom stereocenters. The van der Waals surface area contributed by atoms with Gasteiger partial charge >= 0.3 is 0 Å². The summed E-state index contributed by atoms with van der Waals surface area (Å²) in [7, 11) is 0. The zero-order valence-corrected chi connectivity index (χ0v) is 18.0. The second kappa shape index (κ2) is 11.0. The van der Waals surface area contributed by atoms with Crippen molar-refractivity contribution in [3.63, 3.8) is 0 Å². The van der Waals surface area contributed by atoms with Crippen LogP contribution >= 0.6 is 15.9 Å². The molecular formula is C19H33BrN4O2. The Morgan fingerprint density at radius 3 is 2.62 bits per heavy atom. The van der Waals surface area contributed by atoms with Gasteiger partial charge in [0.1, 0.15) is 0 Å². The minimum atomic E-state index is 0.0183. The first-order chi connectivity index (χ1) is 12.5. The Kier molecular flexibility index (Phi) is 9.08. The SMILES string of the molecule is CCCCCCN(CCN1CCOCC1)C(=O)c1n[nH]c(C(C)C)c1Br. The number of nitrogens with zero attached hydrogens (tertiary/aromatic N) is 3. The molecule has 6 nitrogen and oxygen atoms in total. The van der Waals surface area contributed by atoms with Crippen molar-refractivity contribution in [3.05, 3.63) is 15.9 Å². The Labute approximate surface area is 165 Å². The topological polar surface area (TPSA) is 61.5 Å². The maximum Gasteiger partial charge on any atom is 0.275 e. The van der Waals surface area contributed by atoms with Crippen LogP contribution in [0.1, 0.15) is 68.6 Å². The number of hydrogen-bond donors (Lipinski definition) is 1. The zero-order chi connectivity index (χ0) is 18.9. The molecule has 1 amide bonds. The molecule has 0 aliphatic carbocycles. The van der Waals surface area contributed by atoms with E-state index < -0.39 is 0 Å². The average Bonchev–Trinajstić information content (AvgIpc) is 3.03. The Morgan fingerprint density at radius 1 is 1.27 bits per heavy atom. The molecule has 0 aromatic carbocycles. The fourth-order valence-electron chi connectivity index (χ4n) is 3.15. The summed E-state index contributed by atoms with van der Waals surface area (Å²) in [6.07, 6.45) is 4.62. The number of carbonyl (C=O) groups is 1. The molecule has 0 bridgehead atoms. The summed E-state index contributed by atoms with van der Waals surface area (Å²) in [6.45, 7) is 12.3. The second-order valence-electron chi connectivity index (χ2n) is 7.26. The number of amides is 1. The van der Waals surface area contributed by atoms with Crippen molar-refractivity contribution < 1.29 is 9.53 Å². The summed E-state index contributed by atoms with van der Waals surface area (Å²) in [4.78, 5) is 17.4. The van der Waals surface area contributed by atoms with Crippen molar-refractivity contribution in [2.45, 2.75) is 52.4 Å². The van der Waals surface area contributed by atoms with E-state index in [9.17, 15) is 4.79 Å². The largest absolute Gasteiger partial charge is 0.379 e. The molecule has 26 heavy (non-hydrogen) atoms. The standard InChI is InChI=1S/C19H33BrN4O2/c1-4-5-6-7-8-24(10-9-23-11-13-26-14-12-23)19(25)18-16(20)17(15(2)3)21-22-18/h15H,4-14H2,1-3H3,(H,21,22). The number of H-pyrrole nitrogens is 1. The van der Waals surface area contributed by atoms with Crippen molar-refractivity contribution in [2.24, 2.45) is 0 Å². The van der Waals surface area contributed by atoms with E-state index in [0.717, 1.165) is 68.9 Å². The predicted octanol–water partition coefficient (Wildman–Crippen LogP) is 3.65. The van der Waals surface area contributed by atoms with Crippen LogP contribution in [0, 0.1) is 0 Å². The number of unbranched alkanes of at least 4 members (excludes halogenated alkanes) is 3. The summed E-state index contributed by atoms with van der Waals surface area (Å²) in [5, 5.41) is 7.32. The van der Waals surface area contributed by atoms with E-state index in [-0.39, 0.29) is 5.91 Å². The molecule has 0 spiro atoms. The number of hydrogen-bond acceptors (Lipinski definition) is 4. The molecule has 0 saturated carbocycles. The van der Waals surface area contributed by atoms with Crippen LogP contribution in [-0.2, 0) is 4.74 Å². The number of aromatic amines is 1. The lowest BCUT2D eigenvalue weighted by molar-refractivity contribution is 0.0323. The summed E-state index contributed by atoms with van der Waals surface area (Å²) in [5.41, 5.74) is 1.48. The van der Waals surface area contributed by atoms with Crippen LogP contribution in [-0.4, -0.2) is 71.8 Å². The van der Waals surface area contributed by atoms with Gasteiger partial charge in [0.2, 0.25) is 0 Å². The minimum Gasteiger partial charge on any atom is -0.379 e. The van der Waals surface area contributed by atoms with Crippen LogP contribution in [0.4, 0.5) is 0 Å². The third-order valence-corrected chi connectivity index (χ3v) is 5.67. The van der Waals surface area contributed by atoms with Gasteiger partial charge in [-0.1, -0.05) is 40.0 Å². The number of rotatable bonds is 10. The van der Waals surface area contributed by atoms with Crippen molar-refractivity contribution in [1.82, 2.24) is 20.0 Å². The molecule has 2 rings (SSSR count). The van der Waals surface area contributed by atoms with E-state index in [2.05, 4.69) is 51.8 Å². The lowest BCUT2D eigenvalue weighted by Gasteiger charge is -2.30. The van der Waals surface area contributed by atoms with Crippen LogP contribution in [0.2, 0.25) is 0 Å². The van der Waals surface area contributed by atoms with Gasteiger partial charge in [-0.25, -0.2) is 0 Å². The first kappa shape index (κ1) is 21.4. The predicted molar refractivity (Wildman–Crippen MR) is 108 cm³/mol. The van der Waals surface area contributed by atoms with E-state index in [1.807, 2.05) is 4.90 Å². The number of halogens is 1. The Hall–Kier alpha value is -0.920. The molecule has 1 N–H and O–H groups in total. The zero-order valence-electron chi connectivity index (χ0n) is 16.4. The number of morpholine rings is 1. The molecule has 1 aromatic rings. The highest BCUT2D eigenvalue weighted by atomic mass is 79.9. The van der Waals surface area contributed by atoms with Crippen molar-refractivity contribution >= 4 is 21.8 Å². The molecule has 2 heterocycles. The van der Waals surface area contributed by atoms with E-state index in [0.29, 0.717) is 11.6 Å². The van der Waals surface area contributed by atoms with Crippen molar-refractivity contribution in [2.75, 3.05) is 45.9 Å². The number of ether oxygens (including phenoxy) is 1. The number of carbonyl (C=O) groups excluding carboxylic acids is 1. The average molecular weight is 429 g/mol. The number of nitrogens with one attached hydrogen (secondary N) is 1. The van der Waals surface area contributed by atoms with Gasteiger partial charge < -0.3 is 9.64 Å². The normalized spacial score (nSPS) is 15.6. The van der Waals surface area contributed by atoms with Gasteiger partial charge in [-0.2, -0.15) is 5.10 Å². The van der Waals surface area contributed by atoms with Crippen molar-refractivity contribution in [3.8, 4) is 0 Å². The van der Waals surface area contributed by atoms with Crippen LogP contribution in [0.5, 0.6) is 0 Å². The smallest absolute Gasteiger partial charge is 0.275 e. The van der Waals surface area contributed by atoms with Crippen LogP contribution < -0.4 is 0 Å². The molecule has 0 atom stereocenters. The highest BCUT2D eigenvalue weighted by molar-refractivity contribution is 9.10. The fourth-order valence-corrected chi connectivity index (χ4v) is 3.95. The molecule has 1 aliphatic heterocycles. The Morgan fingerprint density at radius 2 is 2.00 bits per heavy atom. The highest BCUT2D eigenvalue weighted by Crippen LogP contribution is 2.26. The summed E-state index contributed by atoms with van der Waals surface area (Å²) < 4.78 is 6.22. The summed E-state index contributed by atoms with van der Waals surface area (Å²) >= 11 is 3.57. The van der Waals surface area contributed by atoms with Gasteiger partial charge in [0.25, 0.3) is 5.91 Å². The monoisotopic (exact) mass is 428 g/mol. The summed E-state index contributed by atoms with van der Waals surface area (Å²) in [5.74, 6) is 0.314. The maximum absolute atomic E-state index is 13.1. The van der Waals surface area contributed by atoms with E-state index in [1.54, 1.807) is 0 Å². The summed E-state index contributed by atoms with van der Waals surface area (Å²) in [6, 6.07) is 0. The Bertz CT molecular complexity index is 556. The third-order valence-electron chi connectivity index (χ3n) is 4.87. The van der Waals surface area contributed by atoms with Gasteiger partial charge in [-0.3, -0.25) is 14.8 Å². The van der Waals surface area contributed by atoms with E-state index >= 15 is 0 Å². The first-order valence-electron chi connectivity index (χ1n) is 9.87. The molecular weight excluding hydrogens is 396 g/mol. The fraction of sp³-hybridized carbons (Fsp3) is 0.789. The molecule has 1 saturated heterocycles. The van der Waals surface area contributed by atoms with Crippen LogP contribution in [0.15, 0.2) is 4.47 Å². The quantitative estimate of drug-likeness (QED) is 0.577. The highest BCUT2D eigenvalue weighted by Gasteiger charge is 2.24. The van der Waals surface area contributed by atoms with Gasteiger partial charge in [0.15, 0.2) is 5.69 Å². The minimum absolute atomic E-state index is 0.0183. The van der Waals surface area contributed by atoms with Gasteiger partial charge in [0.05, 0.1) is 23.4 Å².